The summed E-state index contributed by atoms with van der Waals surface area (Å²) in [4.78, 5) is 2.20. The fourth-order valence-electron chi connectivity index (χ4n) is 2.40. The highest BCUT2D eigenvalue weighted by atomic mass is 16.5. The number of hydrogen-bond donors (Lipinski definition) is 2. The first-order valence-electron chi connectivity index (χ1n) is 7.00. The van der Waals surface area contributed by atoms with Crippen LogP contribution in [0.2, 0.25) is 0 Å². The largest absolute Gasteiger partial charge is 0.494 e. The van der Waals surface area contributed by atoms with Crippen LogP contribution in [0.1, 0.15) is 31.4 Å². The standard InChI is InChI=1S/C15H23NO3/c1-2-19-14-5-3-12(4-6-14)15(18)11-16-9-7-13(17)8-10-16/h3-6,13,15,17-18H,2,7-11H2,1H3. The first kappa shape index (κ1) is 14.3. The summed E-state index contributed by atoms with van der Waals surface area (Å²) in [7, 11) is 0. The number of likely N-dealkylation sites (tertiary alicyclic amines) is 1. The summed E-state index contributed by atoms with van der Waals surface area (Å²) in [6, 6.07) is 7.60. The average molecular weight is 265 g/mol. The van der Waals surface area contributed by atoms with Crippen LogP contribution in [0.5, 0.6) is 5.75 Å². The normalized spacial score (nSPS) is 19.3. The van der Waals surface area contributed by atoms with Crippen LogP contribution in [0, 0.1) is 0 Å². The van der Waals surface area contributed by atoms with Crippen molar-refractivity contribution in [2.24, 2.45) is 0 Å². The number of benzene rings is 1. The van der Waals surface area contributed by atoms with Gasteiger partial charge in [0.1, 0.15) is 5.75 Å². The van der Waals surface area contributed by atoms with Gasteiger partial charge < -0.3 is 19.8 Å². The van der Waals surface area contributed by atoms with Gasteiger partial charge in [0.05, 0.1) is 18.8 Å². The highest BCUT2D eigenvalue weighted by Crippen LogP contribution is 2.20. The summed E-state index contributed by atoms with van der Waals surface area (Å²) in [5.74, 6) is 0.833. The summed E-state index contributed by atoms with van der Waals surface area (Å²) in [5, 5.41) is 19.7. The fraction of sp³-hybridized carbons (Fsp3) is 0.600. The molecule has 0 radical (unpaired) electrons. The molecule has 0 saturated carbocycles. The highest BCUT2D eigenvalue weighted by Gasteiger charge is 2.19. The predicted octanol–water partition coefficient (Wildman–Crippen LogP) is 1.58. The van der Waals surface area contributed by atoms with Crippen molar-refractivity contribution < 1.29 is 14.9 Å². The van der Waals surface area contributed by atoms with Crippen molar-refractivity contribution in [1.82, 2.24) is 4.90 Å². The van der Waals surface area contributed by atoms with E-state index in [2.05, 4.69) is 4.90 Å². The van der Waals surface area contributed by atoms with E-state index < -0.39 is 6.10 Å². The minimum atomic E-state index is -0.481. The second-order valence-electron chi connectivity index (χ2n) is 5.05. The molecule has 2 rings (SSSR count). The van der Waals surface area contributed by atoms with Crippen molar-refractivity contribution in [2.75, 3.05) is 26.2 Å². The summed E-state index contributed by atoms with van der Waals surface area (Å²) in [6.45, 7) is 4.94. The van der Waals surface area contributed by atoms with Gasteiger partial charge in [0.2, 0.25) is 0 Å². The minimum Gasteiger partial charge on any atom is -0.494 e. The summed E-state index contributed by atoms with van der Waals surface area (Å²) in [6.07, 6.45) is 0.955. The second kappa shape index (κ2) is 6.89. The number of aliphatic hydroxyl groups excluding tert-OH is 2. The number of aliphatic hydroxyl groups is 2. The molecule has 4 nitrogen and oxygen atoms in total. The maximum atomic E-state index is 10.2. The van der Waals surface area contributed by atoms with Crippen LogP contribution >= 0.6 is 0 Å². The lowest BCUT2D eigenvalue weighted by Gasteiger charge is -2.31. The van der Waals surface area contributed by atoms with Crippen molar-refractivity contribution in [2.45, 2.75) is 32.0 Å². The zero-order valence-corrected chi connectivity index (χ0v) is 11.5. The Morgan fingerprint density at radius 3 is 2.47 bits per heavy atom. The summed E-state index contributed by atoms with van der Waals surface area (Å²) >= 11 is 0. The quantitative estimate of drug-likeness (QED) is 0.848. The van der Waals surface area contributed by atoms with Gasteiger partial charge in [0.25, 0.3) is 0 Å². The van der Waals surface area contributed by atoms with E-state index in [-0.39, 0.29) is 6.10 Å². The molecule has 4 heteroatoms. The summed E-state index contributed by atoms with van der Waals surface area (Å²) < 4.78 is 5.38. The smallest absolute Gasteiger partial charge is 0.119 e. The average Bonchev–Trinajstić information content (AvgIpc) is 2.42. The van der Waals surface area contributed by atoms with Gasteiger partial charge in [-0.15, -0.1) is 0 Å². The van der Waals surface area contributed by atoms with E-state index in [1.165, 1.54) is 0 Å². The Morgan fingerprint density at radius 2 is 1.89 bits per heavy atom. The van der Waals surface area contributed by atoms with Crippen molar-refractivity contribution >= 4 is 0 Å². The molecule has 1 aliphatic heterocycles. The van der Waals surface area contributed by atoms with E-state index in [1.807, 2.05) is 31.2 Å². The Labute approximate surface area is 114 Å². The maximum absolute atomic E-state index is 10.2. The zero-order chi connectivity index (χ0) is 13.7. The Hall–Kier alpha value is -1.10. The van der Waals surface area contributed by atoms with Gasteiger partial charge in [0, 0.05) is 19.6 Å². The van der Waals surface area contributed by atoms with Gasteiger partial charge in [-0.1, -0.05) is 12.1 Å². The van der Waals surface area contributed by atoms with Crippen molar-refractivity contribution in [1.29, 1.82) is 0 Å². The molecule has 0 bridgehead atoms. The molecular weight excluding hydrogens is 242 g/mol. The van der Waals surface area contributed by atoms with Crippen LogP contribution in [0.3, 0.4) is 0 Å². The van der Waals surface area contributed by atoms with E-state index in [0.29, 0.717) is 13.2 Å². The molecule has 0 aliphatic carbocycles. The van der Waals surface area contributed by atoms with Crippen LogP contribution in [-0.2, 0) is 0 Å². The van der Waals surface area contributed by atoms with Gasteiger partial charge in [0.15, 0.2) is 0 Å². The lowest BCUT2D eigenvalue weighted by Crippen LogP contribution is -2.38. The Kier molecular flexibility index (Phi) is 5.19. The third-order valence-corrected chi connectivity index (χ3v) is 3.56. The number of hydrogen-bond acceptors (Lipinski definition) is 4. The van der Waals surface area contributed by atoms with Gasteiger partial charge in [-0.05, 0) is 37.5 Å². The molecule has 1 saturated heterocycles. The summed E-state index contributed by atoms with van der Waals surface area (Å²) in [5.41, 5.74) is 0.912. The first-order valence-corrected chi connectivity index (χ1v) is 7.00. The van der Waals surface area contributed by atoms with E-state index in [4.69, 9.17) is 4.74 Å². The van der Waals surface area contributed by atoms with Gasteiger partial charge >= 0.3 is 0 Å². The molecule has 106 valence electrons. The SMILES string of the molecule is CCOc1ccc(C(O)CN2CCC(O)CC2)cc1. The minimum absolute atomic E-state index is 0.168. The second-order valence-corrected chi connectivity index (χ2v) is 5.05. The number of β-amino-alcohol motifs (C(OH)–C–C–N with tert-alkyl or cyclic N) is 1. The van der Waals surface area contributed by atoms with Crippen molar-refractivity contribution in [3.8, 4) is 5.75 Å². The molecule has 1 heterocycles. The van der Waals surface area contributed by atoms with Crippen LogP contribution in [0.4, 0.5) is 0 Å². The molecule has 1 atom stereocenters. The molecule has 2 N–H and O–H groups in total. The van der Waals surface area contributed by atoms with Crippen LogP contribution in [0.15, 0.2) is 24.3 Å². The van der Waals surface area contributed by atoms with E-state index >= 15 is 0 Å². The van der Waals surface area contributed by atoms with Crippen LogP contribution in [0.25, 0.3) is 0 Å². The molecule has 0 amide bonds. The number of piperidine rings is 1. The van der Waals surface area contributed by atoms with E-state index in [0.717, 1.165) is 37.2 Å². The molecule has 19 heavy (non-hydrogen) atoms. The maximum Gasteiger partial charge on any atom is 0.119 e. The molecule has 1 aliphatic rings. The zero-order valence-electron chi connectivity index (χ0n) is 11.5. The highest BCUT2D eigenvalue weighted by molar-refractivity contribution is 5.28. The molecule has 1 aromatic carbocycles. The fourth-order valence-corrected chi connectivity index (χ4v) is 2.40. The monoisotopic (exact) mass is 265 g/mol. The number of rotatable bonds is 5. The molecule has 1 aromatic rings. The molecule has 0 spiro atoms. The predicted molar refractivity (Wildman–Crippen MR) is 74.3 cm³/mol. The lowest BCUT2D eigenvalue weighted by molar-refractivity contribution is 0.0508. The third kappa shape index (κ3) is 4.20. The lowest BCUT2D eigenvalue weighted by atomic mass is 10.1. The number of ether oxygens (including phenoxy) is 1. The molecule has 1 fully saturated rings. The Bertz CT molecular complexity index is 371. The van der Waals surface area contributed by atoms with Crippen molar-refractivity contribution in [3.63, 3.8) is 0 Å². The van der Waals surface area contributed by atoms with Gasteiger partial charge in [-0.25, -0.2) is 0 Å². The third-order valence-electron chi connectivity index (χ3n) is 3.56. The molecule has 1 unspecified atom stereocenters. The molecular formula is C15H23NO3. The van der Waals surface area contributed by atoms with E-state index in [9.17, 15) is 10.2 Å². The van der Waals surface area contributed by atoms with Crippen LogP contribution in [-0.4, -0.2) is 47.5 Å². The van der Waals surface area contributed by atoms with Gasteiger partial charge in [-0.3, -0.25) is 0 Å². The van der Waals surface area contributed by atoms with Crippen molar-refractivity contribution in [3.05, 3.63) is 29.8 Å². The molecule has 0 aromatic heterocycles. The first-order chi connectivity index (χ1) is 9.19. The van der Waals surface area contributed by atoms with E-state index in [1.54, 1.807) is 0 Å². The Morgan fingerprint density at radius 1 is 1.26 bits per heavy atom. The number of nitrogens with zero attached hydrogens (tertiary/aromatic N) is 1. The topological polar surface area (TPSA) is 52.9 Å². The van der Waals surface area contributed by atoms with Gasteiger partial charge in [-0.2, -0.15) is 0 Å². The van der Waals surface area contributed by atoms with Crippen LogP contribution < -0.4 is 4.74 Å². The Balaban J connectivity index is 1.86.